The third-order valence-electron chi connectivity index (χ3n) is 2.73. The van der Waals surface area contributed by atoms with Crippen LogP contribution < -0.4 is 11.4 Å². The predicted octanol–water partition coefficient (Wildman–Crippen LogP) is 0.511. The highest BCUT2D eigenvalue weighted by molar-refractivity contribution is 5.75. The zero-order chi connectivity index (χ0) is 12.7. The van der Waals surface area contributed by atoms with E-state index in [0.29, 0.717) is 16.9 Å². The Balaban J connectivity index is 2.37. The molecule has 0 amide bonds. The van der Waals surface area contributed by atoms with Gasteiger partial charge in [0, 0.05) is 18.8 Å². The molecule has 0 atom stereocenters. The Bertz CT molecular complexity index is 772. The molecule has 0 aliphatic heterocycles. The second kappa shape index (κ2) is 3.69. The molecule has 1 aromatic carbocycles. The average molecular weight is 241 g/mol. The van der Waals surface area contributed by atoms with Gasteiger partial charge in [-0.25, -0.2) is 9.66 Å². The average Bonchev–Trinajstić information content (AvgIpc) is 2.76. The van der Waals surface area contributed by atoms with Gasteiger partial charge < -0.3 is 5.84 Å². The molecule has 18 heavy (non-hydrogen) atoms. The van der Waals surface area contributed by atoms with Crippen LogP contribution in [0.4, 0.5) is 0 Å². The van der Waals surface area contributed by atoms with Crippen LogP contribution >= 0.6 is 0 Å². The molecule has 90 valence electrons. The number of rotatable bonds is 1. The van der Waals surface area contributed by atoms with E-state index in [0.717, 1.165) is 10.2 Å². The van der Waals surface area contributed by atoms with Crippen LogP contribution in [0.2, 0.25) is 0 Å². The monoisotopic (exact) mass is 241 g/mol. The van der Waals surface area contributed by atoms with Gasteiger partial charge in [-0.05, 0) is 0 Å². The van der Waals surface area contributed by atoms with Crippen molar-refractivity contribution in [1.82, 2.24) is 19.4 Å². The van der Waals surface area contributed by atoms with Crippen molar-refractivity contribution in [1.29, 1.82) is 0 Å². The van der Waals surface area contributed by atoms with Crippen molar-refractivity contribution in [2.45, 2.75) is 0 Å². The molecule has 0 radical (unpaired) electrons. The molecule has 2 N–H and O–H groups in total. The van der Waals surface area contributed by atoms with Crippen molar-refractivity contribution >= 4 is 11.0 Å². The molecular weight excluding hydrogens is 230 g/mol. The molecule has 0 saturated heterocycles. The van der Waals surface area contributed by atoms with Gasteiger partial charge in [-0.2, -0.15) is 5.10 Å². The van der Waals surface area contributed by atoms with E-state index >= 15 is 0 Å². The van der Waals surface area contributed by atoms with Gasteiger partial charge in [0.05, 0.1) is 0 Å². The number of aromatic nitrogens is 4. The summed E-state index contributed by atoms with van der Waals surface area (Å²) >= 11 is 0. The Hall–Kier alpha value is -2.63. The lowest BCUT2D eigenvalue weighted by atomic mass is 10.2. The molecule has 0 bridgehead atoms. The van der Waals surface area contributed by atoms with E-state index in [1.807, 2.05) is 30.3 Å². The fraction of sp³-hybridized carbons (Fsp3) is 0.0833. The molecular formula is C12H11N5O. The normalized spacial score (nSPS) is 10.9. The summed E-state index contributed by atoms with van der Waals surface area (Å²) in [6.45, 7) is 0. The van der Waals surface area contributed by atoms with E-state index in [4.69, 9.17) is 5.84 Å². The van der Waals surface area contributed by atoms with Crippen molar-refractivity contribution in [2.24, 2.45) is 7.05 Å². The first-order valence-corrected chi connectivity index (χ1v) is 5.44. The van der Waals surface area contributed by atoms with E-state index in [-0.39, 0.29) is 5.56 Å². The van der Waals surface area contributed by atoms with E-state index < -0.39 is 0 Å². The van der Waals surface area contributed by atoms with Crippen LogP contribution in [0, 0.1) is 0 Å². The molecule has 0 unspecified atom stereocenters. The fourth-order valence-corrected chi connectivity index (χ4v) is 1.88. The van der Waals surface area contributed by atoms with Crippen molar-refractivity contribution in [2.75, 3.05) is 5.84 Å². The minimum atomic E-state index is -0.299. The lowest BCUT2D eigenvalue weighted by Crippen LogP contribution is -2.29. The number of fused-ring (bicyclic) bond motifs is 1. The molecule has 6 heteroatoms. The number of aryl methyl sites for hydroxylation is 1. The highest BCUT2D eigenvalue weighted by atomic mass is 16.1. The third-order valence-corrected chi connectivity index (χ3v) is 2.73. The summed E-state index contributed by atoms with van der Waals surface area (Å²) in [4.78, 5) is 16.4. The zero-order valence-electron chi connectivity index (χ0n) is 9.74. The predicted molar refractivity (Wildman–Crippen MR) is 68.4 cm³/mol. The first-order chi connectivity index (χ1) is 8.66. The molecule has 3 aromatic rings. The van der Waals surface area contributed by atoms with Gasteiger partial charge in [-0.1, -0.05) is 30.3 Å². The summed E-state index contributed by atoms with van der Waals surface area (Å²) in [6, 6.07) is 9.32. The zero-order valence-corrected chi connectivity index (χ0v) is 9.74. The van der Waals surface area contributed by atoms with Crippen molar-refractivity contribution < 1.29 is 0 Å². The topological polar surface area (TPSA) is 78.7 Å². The van der Waals surface area contributed by atoms with E-state index in [1.54, 1.807) is 17.9 Å². The van der Waals surface area contributed by atoms with Gasteiger partial charge in [-0.3, -0.25) is 9.48 Å². The summed E-state index contributed by atoms with van der Waals surface area (Å²) in [7, 11) is 1.74. The van der Waals surface area contributed by atoms with Crippen LogP contribution in [0.3, 0.4) is 0 Å². The number of benzene rings is 1. The molecule has 2 aromatic heterocycles. The van der Waals surface area contributed by atoms with E-state index in [9.17, 15) is 4.79 Å². The van der Waals surface area contributed by atoms with Gasteiger partial charge in [0.1, 0.15) is 5.39 Å². The van der Waals surface area contributed by atoms with Crippen LogP contribution in [0.5, 0.6) is 0 Å². The second-order valence-corrected chi connectivity index (χ2v) is 4.02. The van der Waals surface area contributed by atoms with Crippen LogP contribution in [-0.2, 0) is 7.05 Å². The highest BCUT2D eigenvalue weighted by Crippen LogP contribution is 2.15. The first-order valence-electron chi connectivity index (χ1n) is 5.44. The number of hydrogen-bond acceptors (Lipinski definition) is 4. The molecule has 0 spiro atoms. The number of nitrogen functional groups attached to an aromatic ring is 1. The van der Waals surface area contributed by atoms with Crippen molar-refractivity contribution in [3.8, 4) is 11.4 Å². The number of hydrogen-bond donors (Lipinski definition) is 1. The smallest absolute Gasteiger partial charge is 0.283 e. The largest absolute Gasteiger partial charge is 0.334 e. The van der Waals surface area contributed by atoms with Gasteiger partial charge in [0.25, 0.3) is 5.56 Å². The summed E-state index contributed by atoms with van der Waals surface area (Å²) in [6.07, 6.45) is 1.61. The SMILES string of the molecule is Cn1cc2c(=O)n(N)c(-c3ccccc3)nc2n1. The fourth-order valence-electron chi connectivity index (χ4n) is 1.88. The summed E-state index contributed by atoms with van der Waals surface area (Å²) in [5, 5.41) is 4.55. The Morgan fingerprint density at radius 3 is 2.67 bits per heavy atom. The molecule has 0 aliphatic carbocycles. The Kier molecular flexibility index (Phi) is 2.16. The molecule has 3 rings (SSSR count). The Labute approximate surface area is 102 Å². The minimum absolute atomic E-state index is 0.299. The van der Waals surface area contributed by atoms with Crippen LogP contribution in [0.1, 0.15) is 0 Å². The third kappa shape index (κ3) is 1.46. The Morgan fingerprint density at radius 1 is 1.22 bits per heavy atom. The van der Waals surface area contributed by atoms with Gasteiger partial charge in [0.2, 0.25) is 0 Å². The number of nitrogens with two attached hydrogens (primary N) is 1. The second-order valence-electron chi connectivity index (χ2n) is 4.02. The summed E-state index contributed by atoms with van der Waals surface area (Å²) in [5.74, 6) is 6.20. The van der Waals surface area contributed by atoms with Crippen molar-refractivity contribution in [3.05, 3.63) is 46.9 Å². The maximum Gasteiger partial charge on any atom is 0.283 e. The standard InChI is InChI=1S/C12H11N5O/c1-16-7-9-10(15-16)14-11(17(13)12(9)18)8-5-3-2-4-6-8/h2-7H,13H2,1H3. The van der Waals surface area contributed by atoms with Gasteiger partial charge in [0.15, 0.2) is 11.5 Å². The molecule has 2 heterocycles. The maximum absolute atomic E-state index is 12.1. The van der Waals surface area contributed by atoms with Crippen LogP contribution in [-0.4, -0.2) is 19.4 Å². The summed E-state index contributed by atoms with van der Waals surface area (Å²) < 4.78 is 2.60. The molecule has 0 saturated carbocycles. The molecule has 0 aliphatic rings. The van der Waals surface area contributed by atoms with Crippen LogP contribution in [0.25, 0.3) is 22.4 Å². The molecule has 6 nitrogen and oxygen atoms in total. The lowest BCUT2D eigenvalue weighted by molar-refractivity contribution is 0.775. The highest BCUT2D eigenvalue weighted by Gasteiger charge is 2.12. The van der Waals surface area contributed by atoms with E-state index in [2.05, 4.69) is 10.1 Å². The van der Waals surface area contributed by atoms with Gasteiger partial charge >= 0.3 is 0 Å². The van der Waals surface area contributed by atoms with Crippen molar-refractivity contribution in [3.63, 3.8) is 0 Å². The maximum atomic E-state index is 12.1. The summed E-state index contributed by atoms with van der Waals surface area (Å²) in [5.41, 5.74) is 0.889. The first kappa shape index (κ1) is 10.5. The lowest BCUT2D eigenvalue weighted by Gasteiger charge is -2.06. The minimum Gasteiger partial charge on any atom is -0.334 e. The van der Waals surface area contributed by atoms with E-state index in [1.165, 1.54) is 0 Å². The van der Waals surface area contributed by atoms with Gasteiger partial charge in [-0.15, -0.1) is 0 Å². The number of nitrogens with zero attached hydrogens (tertiary/aromatic N) is 4. The van der Waals surface area contributed by atoms with Crippen LogP contribution in [0.15, 0.2) is 41.3 Å². The molecule has 0 fully saturated rings. The Morgan fingerprint density at radius 2 is 1.94 bits per heavy atom. The quantitative estimate of drug-likeness (QED) is 0.630.